The summed E-state index contributed by atoms with van der Waals surface area (Å²) in [4.78, 5) is 24.5. The summed E-state index contributed by atoms with van der Waals surface area (Å²) in [7, 11) is 1.59. The highest BCUT2D eigenvalue weighted by molar-refractivity contribution is 6.01. The number of carbonyl (C=O) groups is 1. The normalized spacial score (nSPS) is 11.8. The van der Waals surface area contributed by atoms with Gasteiger partial charge in [-0.2, -0.15) is 0 Å². The zero-order valence-corrected chi connectivity index (χ0v) is 14.2. The van der Waals surface area contributed by atoms with Gasteiger partial charge in [-0.15, -0.1) is 0 Å². The van der Waals surface area contributed by atoms with Crippen molar-refractivity contribution in [2.75, 3.05) is 12.4 Å². The van der Waals surface area contributed by atoms with Crippen molar-refractivity contribution in [3.05, 3.63) is 58.3 Å². The van der Waals surface area contributed by atoms with Gasteiger partial charge in [0, 0.05) is 34.6 Å². The molecule has 0 saturated heterocycles. The minimum atomic E-state index is -0.556. The molecule has 0 bridgehead atoms. The van der Waals surface area contributed by atoms with Crippen LogP contribution in [0, 0.1) is 10.1 Å². The van der Waals surface area contributed by atoms with Crippen LogP contribution in [0.2, 0.25) is 0 Å². The Morgan fingerprint density at radius 1 is 1.23 bits per heavy atom. The Morgan fingerprint density at radius 3 is 2.58 bits per heavy atom. The molecule has 26 heavy (non-hydrogen) atoms. The Balaban J connectivity index is 2.10. The lowest BCUT2D eigenvalue weighted by Crippen LogP contribution is -2.00. The van der Waals surface area contributed by atoms with Crippen LogP contribution in [0.15, 0.2) is 42.6 Å². The maximum absolute atomic E-state index is 11.3. The van der Waals surface area contributed by atoms with E-state index in [2.05, 4.69) is 10.3 Å². The van der Waals surface area contributed by atoms with Gasteiger partial charge in [-0.3, -0.25) is 14.9 Å². The van der Waals surface area contributed by atoms with Crippen LogP contribution in [0.1, 0.15) is 18.6 Å². The number of H-pyrrole nitrogens is 1. The Morgan fingerprint density at radius 2 is 1.96 bits per heavy atom. The molecule has 1 unspecified atom stereocenters. The number of aromatic nitrogens is 1. The second kappa shape index (κ2) is 7.14. The lowest BCUT2D eigenvalue weighted by molar-refractivity contribution is -0.383. The standard InChI is InChI=1S/C18H17N3O5/c1-11(26-10-22)14-9-19-18-16(21(23)24)8-7-15(17(14)18)20-12-3-5-13(25-2)6-4-12/h3-11,19-20H,1-2H3. The second-order valence-corrected chi connectivity index (χ2v) is 5.61. The van der Waals surface area contributed by atoms with E-state index in [0.29, 0.717) is 28.6 Å². The van der Waals surface area contributed by atoms with E-state index in [1.54, 1.807) is 38.4 Å². The highest BCUT2D eigenvalue weighted by Gasteiger charge is 2.22. The number of nitrogens with one attached hydrogen (secondary N) is 2. The molecule has 134 valence electrons. The Hall–Kier alpha value is -3.55. The van der Waals surface area contributed by atoms with Crippen molar-refractivity contribution in [2.24, 2.45) is 0 Å². The number of nitro benzene ring substituents is 1. The fraction of sp³-hybridized carbons (Fsp3) is 0.167. The summed E-state index contributed by atoms with van der Waals surface area (Å²) in [6.07, 6.45) is 1.06. The van der Waals surface area contributed by atoms with Crippen LogP contribution >= 0.6 is 0 Å². The van der Waals surface area contributed by atoms with E-state index >= 15 is 0 Å². The third-order valence-corrected chi connectivity index (χ3v) is 4.11. The monoisotopic (exact) mass is 355 g/mol. The van der Waals surface area contributed by atoms with E-state index < -0.39 is 11.0 Å². The lowest BCUT2D eigenvalue weighted by atomic mass is 10.1. The molecule has 8 heteroatoms. The van der Waals surface area contributed by atoms with Crippen LogP contribution in [0.4, 0.5) is 17.1 Å². The molecule has 8 nitrogen and oxygen atoms in total. The van der Waals surface area contributed by atoms with Gasteiger partial charge >= 0.3 is 0 Å². The Kier molecular flexibility index (Phi) is 4.74. The van der Waals surface area contributed by atoms with Gasteiger partial charge in [0.15, 0.2) is 0 Å². The molecule has 0 fully saturated rings. The number of nitrogens with zero attached hydrogens (tertiary/aromatic N) is 1. The minimum Gasteiger partial charge on any atom is -0.497 e. The van der Waals surface area contributed by atoms with Gasteiger partial charge in [-0.1, -0.05) is 0 Å². The molecule has 1 atom stereocenters. The van der Waals surface area contributed by atoms with Gasteiger partial charge in [-0.25, -0.2) is 0 Å². The molecule has 3 rings (SSSR count). The first-order valence-corrected chi connectivity index (χ1v) is 7.83. The summed E-state index contributed by atoms with van der Waals surface area (Å²) in [5, 5.41) is 15.2. The first kappa shape index (κ1) is 17.3. The molecule has 0 spiro atoms. The number of anilines is 2. The summed E-state index contributed by atoms with van der Waals surface area (Å²) < 4.78 is 10.2. The van der Waals surface area contributed by atoms with E-state index in [-0.39, 0.29) is 5.69 Å². The smallest absolute Gasteiger partial charge is 0.293 e. The van der Waals surface area contributed by atoms with E-state index in [1.807, 2.05) is 12.1 Å². The fourth-order valence-corrected chi connectivity index (χ4v) is 2.82. The van der Waals surface area contributed by atoms with Gasteiger partial charge in [0.05, 0.1) is 12.0 Å². The van der Waals surface area contributed by atoms with Crippen LogP contribution in [0.25, 0.3) is 10.9 Å². The molecule has 3 aromatic rings. The van der Waals surface area contributed by atoms with Crippen molar-refractivity contribution in [3.63, 3.8) is 0 Å². The largest absolute Gasteiger partial charge is 0.497 e. The number of hydrogen-bond acceptors (Lipinski definition) is 6. The van der Waals surface area contributed by atoms with Crippen molar-refractivity contribution in [3.8, 4) is 5.75 Å². The Labute approximate surface area is 148 Å². The van der Waals surface area contributed by atoms with Crippen LogP contribution in [0.5, 0.6) is 5.75 Å². The van der Waals surface area contributed by atoms with Crippen LogP contribution in [0.3, 0.4) is 0 Å². The molecule has 0 aliphatic carbocycles. The second-order valence-electron chi connectivity index (χ2n) is 5.61. The number of rotatable bonds is 7. The van der Waals surface area contributed by atoms with Gasteiger partial charge in [0.25, 0.3) is 12.2 Å². The van der Waals surface area contributed by atoms with Crippen molar-refractivity contribution in [1.29, 1.82) is 0 Å². The predicted octanol–water partition coefficient (Wildman–Crippen LogP) is 4.06. The molecular formula is C18H17N3O5. The highest BCUT2D eigenvalue weighted by Crippen LogP contribution is 2.38. The molecule has 1 aromatic heterocycles. The number of carbonyl (C=O) groups excluding carboxylic acids is 1. The molecule has 0 amide bonds. The van der Waals surface area contributed by atoms with E-state index in [0.717, 1.165) is 11.4 Å². The molecule has 1 heterocycles. The molecule has 0 radical (unpaired) electrons. The highest BCUT2D eigenvalue weighted by atomic mass is 16.6. The number of benzene rings is 2. The number of hydrogen-bond donors (Lipinski definition) is 2. The predicted molar refractivity (Wildman–Crippen MR) is 96.8 cm³/mol. The first-order valence-electron chi connectivity index (χ1n) is 7.83. The maximum atomic E-state index is 11.3. The van der Waals surface area contributed by atoms with Gasteiger partial charge < -0.3 is 19.8 Å². The summed E-state index contributed by atoms with van der Waals surface area (Å²) >= 11 is 0. The molecular weight excluding hydrogens is 338 g/mol. The molecule has 0 aliphatic rings. The fourth-order valence-electron chi connectivity index (χ4n) is 2.82. The zero-order valence-electron chi connectivity index (χ0n) is 14.2. The number of nitro groups is 1. The van der Waals surface area contributed by atoms with Crippen LogP contribution in [-0.4, -0.2) is 23.5 Å². The third kappa shape index (κ3) is 3.16. The summed E-state index contributed by atoms with van der Waals surface area (Å²) in [6.45, 7) is 2.06. The molecule has 2 aromatic carbocycles. The van der Waals surface area contributed by atoms with Gasteiger partial charge in [-0.05, 0) is 37.3 Å². The molecule has 2 N–H and O–H groups in total. The average Bonchev–Trinajstić information content (AvgIpc) is 3.08. The number of aromatic amines is 1. The third-order valence-electron chi connectivity index (χ3n) is 4.11. The Bertz CT molecular complexity index is 949. The topological polar surface area (TPSA) is 106 Å². The summed E-state index contributed by atoms with van der Waals surface area (Å²) in [5.41, 5.74) is 2.41. The molecule has 0 aliphatic heterocycles. The van der Waals surface area contributed by atoms with E-state index in [4.69, 9.17) is 9.47 Å². The van der Waals surface area contributed by atoms with Gasteiger partial charge in [0.2, 0.25) is 0 Å². The van der Waals surface area contributed by atoms with E-state index in [1.165, 1.54) is 6.07 Å². The van der Waals surface area contributed by atoms with Crippen molar-refractivity contribution >= 4 is 34.4 Å². The number of ether oxygens (including phenoxy) is 2. The number of methoxy groups -OCH3 is 1. The maximum Gasteiger partial charge on any atom is 0.293 e. The van der Waals surface area contributed by atoms with Crippen LogP contribution < -0.4 is 10.1 Å². The zero-order chi connectivity index (χ0) is 18.7. The lowest BCUT2D eigenvalue weighted by Gasteiger charge is -2.13. The number of fused-ring (bicyclic) bond motifs is 1. The van der Waals surface area contributed by atoms with E-state index in [9.17, 15) is 14.9 Å². The SMILES string of the molecule is COc1ccc(Nc2ccc([N+](=O)[O-])c3[nH]cc(C(C)OC=O)c23)cc1. The summed E-state index contributed by atoms with van der Waals surface area (Å²) in [5.74, 6) is 0.722. The van der Waals surface area contributed by atoms with Crippen LogP contribution in [-0.2, 0) is 9.53 Å². The average molecular weight is 355 g/mol. The minimum absolute atomic E-state index is 0.0511. The summed E-state index contributed by atoms with van der Waals surface area (Å²) in [6, 6.07) is 10.4. The van der Waals surface area contributed by atoms with Crippen molar-refractivity contribution in [1.82, 2.24) is 4.98 Å². The van der Waals surface area contributed by atoms with Crippen molar-refractivity contribution in [2.45, 2.75) is 13.0 Å². The quantitative estimate of drug-likeness (QED) is 0.376. The van der Waals surface area contributed by atoms with Crippen molar-refractivity contribution < 1.29 is 19.2 Å². The van der Waals surface area contributed by atoms with Gasteiger partial charge in [0.1, 0.15) is 17.4 Å². The first-order chi connectivity index (χ1) is 12.5. The molecule has 0 saturated carbocycles. The number of non-ortho nitro benzene ring substituents is 1.